The Kier molecular flexibility index (Phi) is 6.66. The second-order valence-corrected chi connectivity index (χ2v) is 6.15. The van der Waals surface area contributed by atoms with Crippen molar-refractivity contribution in [2.45, 2.75) is 33.2 Å². The van der Waals surface area contributed by atoms with E-state index in [4.69, 9.17) is 0 Å². The van der Waals surface area contributed by atoms with Crippen LogP contribution in [-0.2, 0) is 14.8 Å². The van der Waals surface area contributed by atoms with Gasteiger partial charge in [-0.3, -0.25) is 4.79 Å². The van der Waals surface area contributed by atoms with E-state index in [1.54, 1.807) is 20.8 Å². The summed E-state index contributed by atoms with van der Waals surface area (Å²) in [5.74, 6) is -0.305. The van der Waals surface area contributed by atoms with E-state index >= 15 is 0 Å². The predicted molar refractivity (Wildman–Crippen MR) is 68.2 cm³/mol. The lowest BCUT2D eigenvalue weighted by molar-refractivity contribution is -0.126. The minimum atomic E-state index is -3.27. The largest absolute Gasteiger partial charge is 0.353 e. The van der Waals surface area contributed by atoms with E-state index in [1.165, 1.54) is 0 Å². The van der Waals surface area contributed by atoms with Crippen molar-refractivity contribution in [1.82, 2.24) is 15.4 Å². The molecule has 6 nitrogen and oxygen atoms in total. The number of nitrogens with one attached hydrogen (secondary N) is 3. The highest BCUT2D eigenvalue weighted by Crippen LogP contribution is 2.00. The molecule has 0 unspecified atom stereocenters. The van der Waals surface area contributed by atoms with Crippen LogP contribution in [0.25, 0.3) is 0 Å². The first-order chi connectivity index (χ1) is 7.75. The second-order valence-electron chi connectivity index (χ2n) is 4.23. The van der Waals surface area contributed by atoms with Gasteiger partial charge in [0.1, 0.15) is 0 Å². The number of carbonyl (C=O) groups is 1. The zero-order valence-corrected chi connectivity index (χ0v) is 11.8. The molecule has 0 aliphatic carbocycles. The van der Waals surface area contributed by atoms with Crippen LogP contribution in [0, 0.1) is 0 Å². The number of sulfonamides is 1. The lowest BCUT2D eigenvalue weighted by Crippen LogP contribution is -2.53. The molecule has 17 heavy (non-hydrogen) atoms. The molecule has 0 atom stereocenters. The summed E-state index contributed by atoms with van der Waals surface area (Å²) in [6, 6.07) is 0. The Balaban J connectivity index is 4.10. The predicted octanol–water partition coefficient (Wildman–Crippen LogP) is -0.570. The molecule has 0 rings (SSSR count). The summed E-state index contributed by atoms with van der Waals surface area (Å²) in [5, 5.41) is 5.62. The maximum absolute atomic E-state index is 11.7. The van der Waals surface area contributed by atoms with Gasteiger partial charge in [-0.2, -0.15) is 0 Å². The Hall–Kier alpha value is -0.660. The topological polar surface area (TPSA) is 87.3 Å². The first-order valence-electron chi connectivity index (χ1n) is 5.76. The zero-order chi connectivity index (χ0) is 13.5. The summed E-state index contributed by atoms with van der Waals surface area (Å²) in [7, 11) is -3.27. The summed E-state index contributed by atoms with van der Waals surface area (Å²) in [5.41, 5.74) is -0.684. The van der Waals surface area contributed by atoms with Crippen LogP contribution in [0.5, 0.6) is 0 Å². The maximum atomic E-state index is 11.7. The Bertz CT molecular complexity index is 339. The van der Waals surface area contributed by atoms with Gasteiger partial charge < -0.3 is 10.6 Å². The van der Waals surface area contributed by atoms with Gasteiger partial charge in [0.2, 0.25) is 15.9 Å². The van der Waals surface area contributed by atoms with Gasteiger partial charge in [-0.1, -0.05) is 13.8 Å². The smallest absolute Gasteiger partial charge is 0.239 e. The van der Waals surface area contributed by atoms with Crippen LogP contribution in [-0.4, -0.2) is 45.3 Å². The number of carbonyl (C=O) groups excluding carboxylic acids is 1. The fraction of sp³-hybridized carbons (Fsp3) is 0.900. The van der Waals surface area contributed by atoms with Crippen molar-refractivity contribution in [1.29, 1.82) is 0 Å². The monoisotopic (exact) mass is 265 g/mol. The summed E-state index contributed by atoms with van der Waals surface area (Å²) in [6.07, 6.45) is 0. The number of rotatable bonds is 8. The molecule has 0 aliphatic heterocycles. The van der Waals surface area contributed by atoms with E-state index in [1.807, 2.05) is 6.92 Å². The van der Waals surface area contributed by atoms with Gasteiger partial charge in [0.05, 0.1) is 11.3 Å². The molecule has 0 aromatic carbocycles. The molecule has 1 amide bonds. The van der Waals surface area contributed by atoms with Crippen molar-refractivity contribution in [2.75, 3.05) is 25.4 Å². The van der Waals surface area contributed by atoms with Crippen molar-refractivity contribution in [3.8, 4) is 0 Å². The molecule has 0 heterocycles. The van der Waals surface area contributed by atoms with Crippen molar-refractivity contribution < 1.29 is 13.2 Å². The Morgan fingerprint density at radius 2 is 1.76 bits per heavy atom. The molecule has 0 aromatic rings. The third kappa shape index (κ3) is 6.60. The summed E-state index contributed by atoms with van der Waals surface area (Å²) in [4.78, 5) is 11.7. The lowest BCUT2D eigenvalue weighted by Gasteiger charge is -2.24. The summed E-state index contributed by atoms with van der Waals surface area (Å²) < 4.78 is 25.0. The van der Waals surface area contributed by atoms with Crippen LogP contribution in [0.15, 0.2) is 0 Å². The number of hydrogen-bond acceptors (Lipinski definition) is 4. The number of hydrogen-bond donors (Lipinski definition) is 3. The molecular formula is C10H23N3O3S. The molecule has 0 saturated heterocycles. The third-order valence-electron chi connectivity index (χ3n) is 2.21. The highest BCUT2D eigenvalue weighted by molar-refractivity contribution is 7.89. The average molecular weight is 265 g/mol. The van der Waals surface area contributed by atoms with Gasteiger partial charge in [-0.25, -0.2) is 13.1 Å². The van der Waals surface area contributed by atoms with Crippen LogP contribution >= 0.6 is 0 Å². The minimum Gasteiger partial charge on any atom is -0.353 e. The fourth-order valence-electron chi connectivity index (χ4n) is 1.33. The van der Waals surface area contributed by atoms with Crippen LogP contribution < -0.4 is 15.4 Å². The zero-order valence-electron chi connectivity index (χ0n) is 11.0. The van der Waals surface area contributed by atoms with Crippen molar-refractivity contribution >= 4 is 15.9 Å². The van der Waals surface area contributed by atoms with Gasteiger partial charge in [-0.15, -0.1) is 0 Å². The quantitative estimate of drug-likeness (QED) is 0.548. The number of amides is 1. The van der Waals surface area contributed by atoms with Gasteiger partial charge in [-0.05, 0) is 20.4 Å². The van der Waals surface area contributed by atoms with Crippen molar-refractivity contribution in [2.24, 2.45) is 0 Å². The average Bonchev–Trinajstić information content (AvgIpc) is 2.16. The SMILES string of the molecule is CCNC(C)(C)C(=O)NCCS(=O)(=O)NCC. The van der Waals surface area contributed by atoms with Crippen LogP contribution in [0.2, 0.25) is 0 Å². The highest BCUT2D eigenvalue weighted by Gasteiger charge is 2.25. The second kappa shape index (κ2) is 6.93. The molecule has 0 bridgehead atoms. The van der Waals surface area contributed by atoms with E-state index in [0.29, 0.717) is 13.1 Å². The van der Waals surface area contributed by atoms with E-state index in [-0.39, 0.29) is 18.2 Å². The third-order valence-corrected chi connectivity index (χ3v) is 3.68. The van der Waals surface area contributed by atoms with Gasteiger partial charge in [0.25, 0.3) is 0 Å². The fourth-order valence-corrected chi connectivity index (χ4v) is 2.29. The summed E-state index contributed by atoms with van der Waals surface area (Å²) in [6.45, 7) is 8.28. The molecule has 3 N–H and O–H groups in total. The molecule has 0 spiro atoms. The van der Waals surface area contributed by atoms with E-state index in [9.17, 15) is 13.2 Å². The molecule has 0 fully saturated rings. The Morgan fingerprint density at radius 1 is 1.18 bits per heavy atom. The first-order valence-corrected chi connectivity index (χ1v) is 7.41. The molecule has 0 aromatic heterocycles. The van der Waals surface area contributed by atoms with Gasteiger partial charge >= 0.3 is 0 Å². The Morgan fingerprint density at radius 3 is 2.24 bits per heavy atom. The van der Waals surface area contributed by atoms with Crippen molar-refractivity contribution in [3.63, 3.8) is 0 Å². The van der Waals surface area contributed by atoms with Crippen LogP contribution in [0.4, 0.5) is 0 Å². The van der Waals surface area contributed by atoms with E-state index in [0.717, 1.165) is 0 Å². The van der Waals surface area contributed by atoms with Gasteiger partial charge in [0.15, 0.2) is 0 Å². The molecular weight excluding hydrogens is 242 g/mol. The van der Waals surface area contributed by atoms with E-state index in [2.05, 4.69) is 15.4 Å². The molecule has 7 heteroatoms. The van der Waals surface area contributed by atoms with E-state index < -0.39 is 15.6 Å². The highest BCUT2D eigenvalue weighted by atomic mass is 32.2. The van der Waals surface area contributed by atoms with Crippen LogP contribution in [0.1, 0.15) is 27.7 Å². The standard InChI is InChI=1S/C10H23N3O3S/c1-5-12-10(3,4)9(14)11-7-8-17(15,16)13-6-2/h12-13H,5-8H2,1-4H3,(H,11,14). The minimum absolute atomic E-state index is 0.102. The summed E-state index contributed by atoms with van der Waals surface area (Å²) >= 11 is 0. The lowest BCUT2D eigenvalue weighted by atomic mass is 10.1. The Labute approximate surface area is 104 Å². The molecule has 0 aliphatic rings. The normalized spacial score (nSPS) is 12.5. The molecule has 0 saturated carbocycles. The van der Waals surface area contributed by atoms with Gasteiger partial charge in [0, 0.05) is 13.1 Å². The maximum Gasteiger partial charge on any atom is 0.239 e. The molecule has 0 radical (unpaired) electrons. The first kappa shape index (κ1) is 16.3. The molecule has 102 valence electrons. The van der Waals surface area contributed by atoms with Crippen LogP contribution in [0.3, 0.4) is 0 Å². The number of likely N-dealkylation sites (N-methyl/N-ethyl adjacent to an activating group) is 1. The van der Waals surface area contributed by atoms with Crippen molar-refractivity contribution in [3.05, 3.63) is 0 Å².